The minimum Gasteiger partial charge on any atom is -0.462 e. The molecule has 2 aromatic carbocycles. The third kappa shape index (κ3) is 3.44. The Morgan fingerprint density at radius 1 is 1.18 bits per heavy atom. The van der Waals surface area contributed by atoms with Crippen LogP contribution in [0.15, 0.2) is 53.7 Å². The highest BCUT2D eigenvalue weighted by molar-refractivity contribution is 7.99. The Bertz CT molecular complexity index is 1170. The molecule has 2 N–H and O–H groups in total. The second-order valence-corrected chi connectivity index (χ2v) is 6.81. The first-order chi connectivity index (χ1) is 13.7. The zero-order chi connectivity index (χ0) is 19.5. The van der Waals surface area contributed by atoms with E-state index in [1.165, 1.54) is 11.8 Å². The average molecular weight is 395 g/mol. The number of carbonyl (C=O) groups excluding carboxylic acids is 2. The highest BCUT2D eigenvalue weighted by Gasteiger charge is 2.16. The number of nitrogens with one attached hydrogen (secondary N) is 2. The van der Waals surface area contributed by atoms with Crippen molar-refractivity contribution < 1.29 is 14.3 Å². The van der Waals surface area contributed by atoms with Crippen molar-refractivity contribution in [3.8, 4) is 0 Å². The lowest BCUT2D eigenvalue weighted by molar-refractivity contribution is -0.113. The van der Waals surface area contributed by atoms with Crippen LogP contribution in [0.1, 0.15) is 17.3 Å². The maximum absolute atomic E-state index is 12.4. The summed E-state index contributed by atoms with van der Waals surface area (Å²) in [4.78, 5) is 28.9. The monoisotopic (exact) mass is 395 g/mol. The third-order valence-electron chi connectivity index (χ3n) is 4.03. The van der Waals surface area contributed by atoms with Gasteiger partial charge in [0, 0.05) is 0 Å². The minimum absolute atomic E-state index is 0.129. The standard InChI is InChI=1S/C19H17N5O3S/c1-2-27-17(26)12-7-3-4-8-13(12)20-16(25)11-28-19-23-22-18-21-14-9-5-6-10-15(14)24(18)19/h3-10H,2,11H2,1H3,(H,20,25)(H,21,22). The van der Waals surface area contributed by atoms with Crippen molar-refractivity contribution in [1.29, 1.82) is 0 Å². The molecule has 4 aromatic rings. The number of para-hydroxylation sites is 3. The molecule has 2 heterocycles. The summed E-state index contributed by atoms with van der Waals surface area (Å²) in [6.45, 7) is 2.01. The average Bonchev–Trinajstić information content (AvgIpc) is 3.26. The zero-order valence-corrected chi connectivity index (χ0v) is 15.8. The number of thioether (sulfide) groups is 1. The summed E-state index contributed by atoms with van der Waals surface area (Å²) in [5.74, 6) is 0.0351. The normalized spacial score (nSPS) is 11.0. The molecule has 9 heteroatoms. The number of imidazole rings is 1. The quantitative estimate of drug-likeness (QED) is 0.384. The van der Waals surface area contributed by atoms with Gasteiger partial charge < -0.3 is 10.1 Å². The molecule has 0 bridgehead atoms. The summed E-state index contributed by atoms with van der Waals surface area (Å²) >= 11 is 1.28. The fourth-order valence-corrected chi connectivity index (χ4v) is 3.59. The van der Waals surface area contributed by atoms with Crippen molar-refractivity contribution in [2.75, 3.05) is 17.7 Å². The maximum Gasteiger partial charge on any atom is 0.340 e. The number of fused-ring (bicyclic) bond motifs is 3. The maximum atomic E-state index is 12.4. The fourth-order valence-electron chi connectivity index (χ4n) is 2.83. The van der Waals surface area contributed by atoms with E-state index in [-0.39, 0.29) is 18.3 Å². The van der Waals surface area contributed by atoms with Gasteiger partial charge in [-0.05, 0) is 31.2 Å². The molecule has 28 heavy (non-hydrogen) atoms. The molecule has 4 rings (SSSR count). The van der Waals surface area contributed by atoms with Crippen LogP contribution in [0.4, 0.5) is 5.69 Å². The number of rotatable bonds is 6. The molecule has 0 radical (unpaired) electrons. The van der Waals surface area contributed by atoms with Crippen molar-refractivity contribution in [2.24, 2.45) is 0 Å². The summed E-state index contributed by atoms with van der Waals surface area (Å²) in [6.07, 6.45) is 0. The van der Waals surface area contributed by atoms with Gasteiger partial charge in [-0.15, -0.1) is 5.10 Å². The van der Waals surface area contributed by atoms with Crippen molar-refractivity contribution in [3.05, 3.63) is 54.1 Å². The van der Waals surface area contributed by atoms with Crippen LogP contribution < -0.4 is 5.32 Å². The predicted molar refractivity (Wildman–Crippen MR) is 107 cm³/mol. The molecule has 0 aliphatic heterocycles. The Morgan fingerprint density at radius 3 is 2.82 bits per heavy atom. The van der Waals surface area contributed by atoms with E-state index < -0.39 is 5.97 Å². The van der Waals surface area contributed by atoms with Crippen molar-refractivity contribution in [3.63, 3.8) is 0 Å². The molecular weight excluding hydrogens is 378 g/mol. The van der Waals surface area contributed by atoms with Gasteiger partial charge in [0.2, 0.25) is 11.7 Å². The van der Waals surface area contributed by atoms with E-state index in [0.29, 0.717) is 22.2 Å². The molecule has 0 fully saturated rings. The molecule has 0 atom stereocenters. The number of ether oxygens (including phenoxy) is 1. The number of esters is 1. The molecule has 0 saturated heterocycles. The highest BCUT2D eigenvalue weighted by atomic mass is 32.2. The first kappa shape index (κ1) is 18.1. The molecule has 0 saturated carbocycles. The van der Waals surface area contributed by atoms with Crippen LogP contribution in [0.5, 0.6) is 0 Å². The van der Waals surface area contributed by atoms with Gasteiger partial charge in [0.15, 0.2) is 5.16 Å². The Labute approximate surface area is 164 Å². The second kappa shape index (κ2) is 7.73. The van der Waals surface area contributed by atoms with Crippen molar-refractivity contribution in [1.82, 2.24) is 19.6 Å². The van der Waals surface area contributed by atoms with E-state index in [1.807, 2.05) is 28.7 Å². The van der Waals surface area contributed by atoms with Gasteiger partial charge in [0.1, 0.15) is 0 Å². The Hall–Kier alpha value is -3.33. The lowest BCUT2D eigenvalue weighted by Gasteiger charge is -2.10. The first-order valence-electron chi connectivity index (χ1n) is 8.67. The molecule has 2 aromatic heterocycles. The molecule has 0 unspecified atom stereocenters. The Kier molecular flexibility index (Phi) is 4.98. The second-order valence-electron chi connectivity index (χ2n) is 5.87. The lowest BCUT2D eigenvalue weighted by Crippen LogP contribution is -2.17. The van der Waals surface area contributed by atoms with Gasteiger partial charge in [0.05, 0.1) is 34.6 Å². The van der Waals surface area contributed by atoms with Gasteiger partial charge in [-0.3, -0.25) is 9.20 Å². The predicted octanol–water partition coefficient (Wildman–Crippen LogP) is 3.12. The van der Waals surface area contributed by atoms with Crippen LogP contribution in [-0.4, -0.2) is 43.8 Å². The van der Waals surface area contributed by atoms with Gasteiger partial charge in [0.25, 0.3) is 0 Å². The van der Waals surface area contributed by atoms with Crippen LogP contribution in [0, 0.1) is 0 Å². The van der Waals surface area contributed by atoms with Crippen molar-refractivity contribution >= 4 is 46.1 Å². The minimum atomic E-state index is -0.468. The molecule has 8 nitrogen and oxygen atoms in total. The number of H-pyrrole nitrogens is 1. The number of hydrogen-bond acceptors (Lipinski definition) is 6. The van der Waals surface area contributed by atoms with E-state index in [2.05, 4.69) is 20.5 Å². The highest BCUT2D eigenvalue weighted by Crippen LogP contribution is 2.23. The number of benzene rings is 2. The zero-order valence-electron chi connectivity index (χ0n) is 15.0. The fraction of sp³-hybridized carbons (Fsp3) is 0.158. The summed E-state index contributed by atoms with van der Waals surface area (Å²) < 4.78 is 6.90. The molecule has 0 aliphatic rings. The summed E-state index contributed by atoms with van der Waals surface area (Å²) in [6, 6.07) is 14.5. The van der Waals surface area contributed by atoms with Crippen LogP contribution in [-0.2, 0) is 9.53 Å². The Balaban J connectivity index is 1.49. The molecule has 1 amide bonds. The van der Waals surface area contributed by atoms with E-state index in [9.17, 15) is 9.59 Å². The van der Waals surface area contributed by atoms with Gasteiger partial charge in [-0.1, -0.05) is 36.0 Å². The molecule has 0 aliphatic carbocycles. The van der Waals surface area contributed by atoms with Crippen LogP contribution in [0.25, 0.3) is 16.8 Å². The number of nitrogens with zero attached hydrogens (tertiary/aromatic N) is 3. The lowest BCUT2D eigenvalue weighted by atomic mass is 10.2. The largest absolute Gasteiger partial charge is 0.462 e. The number of anilines is 1. The van der Waals surface area contributed by atoms with E-state index >= 15 is 0 Å². The van der Waals surface area contributed by atoms with Crippen LogP contribution in [0.2, 0.25) is 0 Å². The first-order valence-corrected chi connectivity index (χ1v) is 9.66. The van der Waals surface area contributed by atoms with Gasteiger partial charge >= 0.3 is 5.97 Å². The number of amides is 1. The third-order valence-corrected chi connectivity index (χ3v) is 4.97. The number of aromatic amines is 1. The van der Waals surface area contributed by atoms with Crippen LogP contribution in [0.3, 0.4) is 0 Å². The van der Waals surface area contributed by atoms with Crippen molar-refractivity contribution in [2.45, 2.75) is 12.1 Å². The summed E-state index contributed by atoms with van der Waals surface area (Å²) in [5.41, 5.74) is 2.52. The summed E-state index contributed by atoms with van der Waals surface area (Å²) in [5, 5.41) is 10.5. The topological polar surface area (TPSA) is 101 Å². The number of carbonyl (C=O) groups is 2. The SMILES string of the molecule is CCOC(=O)c1ccccc1NC(=O)CSc1n[nH]c2nc3ccccc3n12. The number of hydrogen-bond donors (Lipinski definition) is 2. The molecular formula is C19H17N5O3S. The Morgan fingerprint density at radius 2 is 1.96 bits per heavy atom. The summed E-state index contributed by atoms with van der Waals surface area (Å²) in [7, 11) is 0. The van der Waals surface area contributed by atoms with E-state index in [4.69, 9.17) is 4.74 Å². The number of aromatic nitrogens is 4. The van der Waals surface area contributed by atoms with Gasteiger partial charge in [-0.25, -0.2) is 14.9 Å². The van der Waals surface area contributed by atoms with E-state index in [0.717, 1.165) is 11.0 Å². The van der Waals surface area contributed by atoms with Crippen LogP contribution >= 0.6 is 11.8 Å². The molecule has 142 valence electrons. The van der Waals surface area contributed by atoms with E-state index in [1.54, 1.807) is 31.2 Å². The smallest absolute Gasteiger partial charge is 0.340 e. The molecule has 0 spiro atoms. The van der Waals surface area contributed by atoms with Gasteiger partial charge in [-0.2, -0.15) is 0 Å².